The largest absolute Gasteiger partial charge is 0.324 e. The predicted molar refractivity (Wildman–Crippen MR) is 89.4 cm³/mol. The Hall–Kier alpha value is -2.53. The molecule has 0 spiro atoms. The quantitative estimate of drug-likeness (QED) is 0.740. The van der Waals surface area contributed by atoms with Crippen LogP contribution in [-0.2, 0) is 4.79 Å². The third-order valence-corrected chi connectivity index (χ3v) is 4.37. The van der Waals surface area contributed by atoms with Crippen molar-refractivity contribution in [3.05, 3.63) is 47.5 Å². The summed E-state index contributed by atoms with van der Waals surface area (Å²) in [6.07, 6.45) is 0. The van der Waals surface area contributed by atoms with E-state index in [9.17, 15) is 9.59 Å². The number of nitrogens with zero attached hydrogens (tertiary/aromatic N) is 1. The lowest BCUT2D eigenvalue weighted by Gasteiger charge is -2.11. The highest BCUT2D eigenvalue weighted by Crippen LogP contribution is 2.36. The Morgan fingerprint density at radius 1 is 1.05 bits per heavy atom. The minimum atomic E-state index is -0.165. The number of rotatable bonds is 3. The second kappa shape index (κ2) is 5.69. The maximum Gasteiger partial charge on any atom is 0.221 e. The molecule has 2 aromatic carbocycles. The summed E-state index contributed by atoms with van der Waals surface area (Å²) in [6, 6.07) is 13.7. The number of thiazole rings is 1. The van der Waals surface area contributed by atoms with Crippen LogP contribution in [0.15, 0.2) is 42.5 Å². The number of Topliss-reactive ketones (excluding diaryl/α,β-unsaturated/α-hetero) is 1. The lowest BCUT2D eigenvalue weighted by atomic mass is 10.0. The van der Waals surface area contributed by atoms with Crippen LogP contribution < -0.4 is 5.32 Å². The van der Waals surface area contributed by atoms with Gasteiger partial charge < -0.3 is 5.32 Å². The van der Waals surface area contributed by atoms with Gasteiger partial charge in [-0.25, -0.2) is 4.98 Å². The first-order valence-corrected chi connectivity index (χ1v) is 7.65. The third kappa shape index (κ3) is 2.63. The number of carbonyl (C=O) groups is 2. The minimum absolute atomic E-state index is 0.0729. The SMILES string of the molecule is CC(=O)Nc1c(-c2ccccc2)ccc2sc(C(C)=O)nc12. The van der Waals surface area contributed by atoms with E-state index in [2.05, 4.69) is 10.3 Å². The monoisotopic (exact) mass is 310 g/mol. The Morgan fingerprint density at radius 2 is 1.77 bits per heavy atom. The minimum Gasteiger partial charge on any atom is -0.324 e. The number of amides is 1. The normalized spacial score (nSPS) is 10.6. The van der Waals surface area contributed by atoms with Crippen molar-refractivity contribution < 1.29 is 9.59 Å². The maximum absolute atomic E-state index is 11.6. The maximum atomic E-state index is 11.6. The molecule has 1 amide bonds. The Morgan fingerprint density at radius 3 is 2.41 bits per heavy atom. The van der Waals surface area contributed by atoms with Gasteiger partial charge in [-0.15, -0.1) is 11.3 Å². The summed E-state index contributed by atoms with van der Waals surface area (Å²) in [4.78, 5) is 27.5. The van der Waals surface area contributed by atoms with Crippen LogP contribution in [0.4, 0.5) is 5.69 Å². The molecule has 1 aromatic heterocycles. The smallest absolute Gasteiger partial charge is 0.221 e. The summed E-state index contributed by atoms with van der Waals surface area (Å²) in [5.74, 6) is -0.238. The molecule has 0 aliphatic rings. The van der Waals surface area contributed by atoms with Gasteiger partial charge in [0.05, 0.1) is 10.4 Å². The Labute approximate surface area is 131 Å². The highest BCUT2D eigenvalue weighted by molar-refractivity contribution is 7.20. The number of carbonyl (C=O) groups excluding carboxylic acids is 2. The molecule has 5 heteroatoms. The lowest BCUT2D eigenvalue weighted by molar-refractivity contribution is -0.114. The predicted octanol–water partition coefficient (Wildman–Crippen LogP) is 4.12. The average molecular weight is 310 g/mol. The van der Waals surface area contributed by atoms with Crippen LogP contribution in [-0.4, -0.2) is 16.7 Å². The fourth-order valence-electron chi connectivity index (χ4n) is 2.31. The van der Waals surface area contributed by atoms with E-state index in [4.69, 9.17) is 0 Å². The number of aromatic nitrogens is 1. The summed E-state index contributed by atoms with van der Waals surface area (Å²) in [7, 11) is 0. The van der Waals surface area contributed by atoms with Gasteiger partial charge in [-0.3, -0.25) is 9.59 Å². The first-order valence-electron chi connectivity index (χ1n) is 6.84. The highest BCUT2D eigenvalue weighted by atomic mass is 32.1. The van der Waals surface area contributed by atoms with Crippen molar-refractivity contribution in [2.24, 2.45) is 0 Å². The molecule has 0 fully saturated rings. The average Bonchev–Trinajstić information content (AvgIpc) is 2.93. The van der Waals surface area contributed by atoms with Gasteiger partial charge in [0.1, 0.15) is 5.52 Å². The number of fused-ring (bicyclic) bond motifs is 1. The molecule has 3 aromatic rings. The van der Waals surface area contributed by atoms with Gasteiger partial charge in [-0.05, 0) is 11.6 Å². The first kappa shape index (κ1) is 14.4. The van der Waals surface area contributed by atoms with Crippen LogP contribution in [0, 0.1) is 0 Å². The van der Waals surface area contributed by atoms with Crippen LogP contribution in [0.1, 0.15) is 23.6 Å². The van der Waals surface area contributed by atoms with Gasteiger partial charge in [-0.1, -0.05) is 36.4 Å². The molecule has 0 aliphatic carbocycles. The van der Waals surface area contributed by atoms with Crippen molar-refractivity contribution in [3.8, 4) is 11.1 Å². The third-order valence-electron chi connectivity index (χ3n) is 3.25. The zero-order valence-electron chi connectivity index (χ0n) is 12.2. The topological polar surface area (TPSA) is 59.1 Å². The van der Waals surface area contributed by atoms with E-state index >= 15 is 0 Å². The molecule has 0 saturated carbocycles. The van der Waals surface area contributed by atoms with Gasteiger partial charge in [0.15, 0.2) is 10.8 Å². The molecule has 1 N–H and O–H groups in total. The second-order valence-electron chi connectivity index (χ2n) is 4.96. The molecule has 4 nitrogen and oxygen atoms in total. The molecule has 0 atom stereocenters. The summed E-state index contributed by atoms with van der Waals surface area (Å²) in [5, 5.41) is 3.31. The van der Waals surface area contributed by atoms with E-state index in [1.165, 1.54) is 25.2 Å². The van der Waals surface area contributed by atoms with E-state index < -0.39 is 0 Å². The molecule has 0 saturated heterocycles. The van der Waals surface area contributed by atoms with E-state index in [0.29, 0.717) is 16.2 Å². The van der Waals surface area contributed by atoms with Crippen molar-refractivity contribution in [3.63, 3.8) is 0 Å². The Bertz CT molecular complexity index is 869. The molecule has 1 heterocycles. The number of ketones is 1. The van der Waals surface area contributed by atoms with E-state index in [-0.39, 0.29) is 11.7 Å². The van der Waals surface area contributed by atoms with Crippen LogP contribution in [0.3, 0.4) is 0 Å². The summed E-state index contributed by atoms with van der Waals surface area (Å²) in [6.45, 7) is 2.96. The van der Waals surface area contributed by atoms with Crippen LogP contribution in [0.25, 0.3) is 21.3 Å². The van der Waals surface area contributed by atoms with Crippen molar-refractivity contribution in [2.75, 3.05) is 5.32 Å². The first-order chi connectivity index (χ1) is 10.6. The molecular formula is C17H14N2O2S. The van der Waals surface area contributed by atoms with Gasteiger partial charge in [-0.2, -0.15) is 0 Å². The number of hydrogen-bond donors (Lipinski definition) is 1. The van der Waals surface area contributed by atoms with Crippen molar-refractivity contribution in [1.82, 2.24) is 4.98 Å². The molecule has 3 rings (SSSR count). The number of nitrogens with one attached hydrogen (secondary N) is 1. The Kier molecular flexibility index (Phi) is 3.73. The van der Waals surface area contributed by atoms with E-state index in [0.717, 1.165) is 15.8 Å². The number of anilines is 1. The van der Waals surface area contributed by atoms with Crippen LogP contribution in [0.2, 0.25) is 0 Å². The zero-order chi connectivity index (χ0) is 15.7. The molecule has 0 radical (unpaired) electrons. The molecule has 0 aliphatic heterocycles. The van der Waals surface area contributed by atoms with E-state index in [1.807, 2.05) is 42.5 Å². The summed E-state index contributed by atoms with van der Waals surface area (Å²) < 4.78 is 0.883. The van der Waals surface area contributed by atoms with Crippen molar-refractivity contribution in [1.29, 1.82) is 0 Å². The standard InChI is InChI=1S/C17H14N2O2S/c1-10(20)17-19-16-14(22-17)9-8-13(15(16)18-11(2)21)12-6-4-3-5-7-12/h3-9H,1-2H3,(H,18,21). The zero-order valence-corrected chi connectivity index (χ0v) is 13.0. The van der Waals surface area contributed by atoms with Gasteiger partial charge >= 0.3 is 0 Å². The fraction of sp³-hybridized carbons (Fsp3) is 0.118. The molecule has 110 valence electrons. The Balaban J connectivity index is 2.28. The van der Waals surface area contributed by atoms with E-state index in [1.54, 1.807) is 0 Å². The van der Waals surface area contributed by atoms with Gasteiger partial charge in [0.25, 0.3) is 0 Å². The van der Waals surface area contributed by atoms with Crippen LogP contribution >= 0.6 is 11.3 Å². The molecule has 0 unspecified atom stereocenters. The summed E-state index contributed by atoms with van der Waals surface area (Å²) in [5.41, 5.74) is 3.20. The molecule has 22 heavy (non-hydrogen) atoms. The van der Waals surface area contributed by atoms with Crippen molar-refractivity contribution >= 4 is 38.9 Å². The summed E-state index contributed by atoms with van der Waals surface area (Å²) >= 11 is 1.34. The van der Waals surface area contributed by atoms with Gasteiger partial charge in [0, 0.05) is 19.4 Å². The second-order valence-corrected chi connectivity index (χ2v) is 5.99. The lowest BCUT2D eigenvalue weighted by Crippen LogP contribution is -2.07. The van der Waals surface area contributed by atoms with Gasteiger partial charge in [0.2, 0.25) is 5.91 Å². The highest BCUT2D eigenvalue weighted by Gasteiger charge is 2.16. The molecule has 0 bridgehead atoms. The van der Waals surface area contributed by atoms with Crippen molar-refractivity contribution in [2.45, 2.75) is 13.8 Å². The fourth-order valence-corrected chi connectivity index (χ4v) is 3.17. The number of benzene rings is 2. The number of hydrogen-bond acceptors (Lipinski definition) is 4. The molecular weight excluding hydrogens is 296 g/mol. The van der Waals surface area contributed by atoms with Crippen LogP contribution in [0.5, 0.6) is 0 Å².